The first kappa shape index (κ1) is 46.4. The van der Waals surface area contributed by atoms with Crippen LogP contribution in [0.5, 0.6) is 11.5 Å². The molecule has 0 aromatic heterocycles. The van der Waals surface area contributed by atoms with Gasteiger partial charge in [0.1, 0.15) is 11.5 Å². The van der Waals surface area contributed by atoms with E-state index in [1.54, 1.807) is 0 Å². The maximum Gasteiger partial charge on any atom is 0.305 e. The lowest BCUT2D eigenvalue weighted by Gasteiger charge is -2.37. The van der Waals surface area contributed by atoms with Gasteiger partial charge in [0.2, 0.25) is 0 Å². The topological polar surface area (TPSA) is 88.5 Å². The van der Waals surface area contributed by atoms with Crippen LogP contribution < -0.4 is 9.47 Å². The summed E-state index contributed by atoms with van der Waals surface area (Å²) >= 11 is 0. The first-order valence-corrected chi connectivity index (χ1v) is 25.0. The monoisotopic (exact) mass is 851 g/mol. The molecular formula is C54H78N2O6. The molecule has 4 fully saturated rings. The molecule has 0 unspecified atom stereocenters. The van der Waals surface area contributed by atoms with Gasteiger partial charge in [-0.1, -0.05) is 62.1 Å². The van der Waals surface area contributed by atoms with Crippen LogP contribution in [0.1, 0.15) is 172 Å². The van der Waals surface area contributed by atoms with Crippen molar-refractivity contribution in [3.63, 3.8) is 0 Å². The predicted molar refractivity (Wildman–Crippen MR) is 250 cm³/mol. The zero-order valence-electron chi connectivity index (χ0n) is 38.2. The number of nitrogens with zero attached hydrogens (tertiary/aromatic N) is 2. The van der Waals surface area contributed by atoms with Crippen molar-refractivity contribution in [2.75, 3.05) is 45.9 Å². The van der Waals surface area contributed by atoms with Crippen molar-refractivity contribution in [1.29, 1.82) is 0 Å². The fraction of sp³-hybridized carbons (Fsp3) is 0.667. The van der Waals surface area contributed by atoms with Crippen molar-refractivity contribution in [1.82, 2.24) is 9.80 Å². The fourth-order valence-electron chi connectivity index (χ4n) is 11.6. The Labute approximate surface area is 373 Å². The summed E-state index contributed by atoms with van der Waals surface area (Å²) < 4.78 is 17.7. The molecule has 8 heteroatoms. The van der Waals surface area contributed by atoms with Crippen molar-refractivity contribution in [3.05, 3.63) is 71.8 Å². The Balaban J connectivity index is 0.000000187. The van der Waals surface area contributed by atoms with Gasteiger partial charge in [-0.2, -0.15) is 0 Å². The molecule has 2 aliphatic heterocycles. The minimum Gasteiger partial charge on any atom is -0.490 e. The van der Waals surface area contributed by atoms with Crippen LogP contribution in [0.2, 0.25) is 0 Å². The highest BCUT2D eigenvalue weighted by Gasteiger charge is 2.39. The average molecular weight is 851 g/mol. The minimum absolute atomic E-state index is 0.0676. The van der Waals surface area contributed by atoms with Crippen molar-refractivity contribution in [2.45, 2.75) is 173 Å². The molecule has 0 amide bonds. The molecule has 2 aromatic rings. The van der Waals surface area contributed by atoms with Crippen LogP contribution in [-0.2, 0) is 14.3 Å². The van der Waals surface area contributed by atoms with Crippen molar-refractivity contribution in [2.24, 2.45) is 10.8 Å². The van der Waals surface area contributed by atoms with Crippen LogP contribution in [0.4, 0.5) is 0 Å². The van der Waals surface area contributed by atoms with Gasteiger partial charge in [-0.25, -0.2) is 0 Å². The molecule has 8 nitrogen and oxygen atoms in total. The molecule has 8 rings (SSSR count). The normalized spacial score (nSPS) is 22.7. The molecule has 0 saturated heterocycles. The van der Waals surface area contributed by atoms with E-state index in [2.05, 4.69) is 70.5 Å². The van der Waals surface area contributed by atoms with Gasteiger partial charge in [0.25, 0.3) is 0 Å². The Morgan fingerprint density at radius 3 is 1.39 bits per heavy atom. The third-order valence-corrected chi connectivity index (χ3v) is 15.5. The Morgan fingerprint density at radius 1 is 0.597 bits per heavy atom. The summed E-state index contributed by atoms with van der Waals surface area (Å²) in [5.41, 5.74) is 6.84. The summed E-state index contributed by atoms with van der Waals surface area (Å²) in [5, 5.41) is 8.73. The smallest absolute Gasteiger partial charge is 0.305 e. The summed E-state index contributed by atoms with van der Waals surface area (Å²) in [6.07, 6.45) is 34.0. The lowest BCUT2D eigenvalue weighted by atomic mass is 9.72. The van der Waals surface area contributed by atoms with Gasteiger partial charge < -0.3 is 19.3 Å². The van der Waals surface area contributed by atoms with Crippen LogP contribution >= 0.6 is 0 Å². The van der Waals surface area contributed by atoms with E-state index < -0.39 is 5.97 Å². The third kappa shape index (κ3) is 13.9. The summed E-state index contributed by atoms with van der Waals surface area (Å²) in [5.74, 6) is 1.29. The van der Waals surface area contributed by atoms with Crippen molar-refractivity contribution >= 4 is 23.1 Å². The van der Waals surface area contributed by atoms with Gasteiger partial charge in [0.15, 0.2) is 0 Å². The number of carboxylic acid groups (broad SMARTS) is 1. The maximum atomic E-state index is 11.4. The van der Waals surface area contributed by atoms with E-state index >= 15 is 0 Å². The highest BCUT2D eigenvalue weighted by Crippen LogP contribution is 2.50. The number of carbonyl (C=O) groups is 2. The Hall–Kier alpha value is -3.62. The number of rotatable bonds is 17. The molecular weight excluding hydrogens is 773 g/mol. The summed E-state index contributed by atoms with van der Waals surface area (Å²) in [6.45, 7) is 8.49. The van der Waals surface area contributed by atoms with Crippen LogP contribution in [0.15, 0.2) is 60.7 Å². The molecule has 2 heterocycles. The number of benzene rings is 2. The van der Waals surface area contributed by atoms with Gasteiger partial charge in [0, 0.05) is 39.0 Å². The van der Waals surface area contributed by atoms with E-state index in [1.165, 1.54) is 125 Å². The van der Waals surface area contributed by atoms with E-state index in [9.17, 15) is 9.59 Å². The Kier molecular flexibility index (Phi) is 17.5. The molecule has 6 aliphatic rings. The number of aliphatic carboxylic acids is 1. The second-order valence-corrected chi connectivity index (χ2v) is 19.8. The molecule has 0 radical (unpaired) electrons. The van der Waals surface area contributed by atoms with Gasteiger partial charge >= 0.3 is 11.9 Å². The molecule has 2 spiro atoms. The van der Waals surface area contributed by atoms with E-state index in [1.807, 2.05) is 6.92 Å². The highest BCUT2D eigenvalue weighted by molar-refractivity contribution is 5.69. The first-order chi connectivity index (χ1) is 30.3. The number of carbonyl (C=O) groups excluding carboxylic acids is 1. The number of hydrogen-bond acceptors (Lipinski definition) is 7. The average Bonchev–Trinajstić information content (AvgIpc) is 3.97. The quantitative estimate of drug-likeness (QED) is 0.124. The zero-order chi connectivity index (χ0) is 43.0. The molecule has 4 saturated carbocycles. The van der Waals surface area contributed by atoms with E-state index in [0.717, 1.165) is 89.3 Å². The van der Waals surface area contributed by atoms with E-state index in [-0.39, 0.29) is 12.4 Å². The van der Waals surface area contributed by atoms with E-state index in [4.69, 9.17) is 19.3 Å². The van der Waals surface area contributed by atoms with Gasteiger partial charge in [-0.3, -0.25) is 19.4 Å². The summed E-state index contributed by atoms with van der Waals surface area (Å²) in [6, 6.07) is 17.5. The molecule has 0 bridgehead atoms. The predicted octanol–water partition coefficient (Wildman–Crippen LogP) is 12.3. The second-order valence-electron chi connectivity index (χ2n) is 19.8. The fourth-order valence-corrected chi connectivity index (χ4v) is 11.6. The summed E-state index contributed by atoms with van der Waals surface area (Å²) in [4.78, 5) is 26.9. The SMILES string of the molecule is CCOC(=O)CCCCN1CC=C(c2ccc(OC3CCC4(CCCC4)CC3)cc2)CC1.O=C(O)CCCCN1CC=C(c2ccc(OC3CCC4(CCCC4)CC3)cc2)CC1. The van der Waals surface area contributed by atoms with Gasteiger partial charge in [-0.15, -0.1) is 0 Å². The Morgan fingerprint density at radius 2 is 1.02 bits per heavy atom. The number of unbranched alkanes of at least 4 members (excludes halogenated alkanes) is 2. The molecule has 2 aromatic carbocycles. The van der Waals surface area contributed by atoms with Crippen LogP contribution in [0, 0.1) is 10.8 Å². The highest BCUT2D eigenvalue weighted by atomic mass is 16.5. The first-order valence-electron chi connectivity index (χ1n) is 25.0. The Bertz CT molecular complexity index is 1740. The lowest BCUT2D eigenvalue weighted by molar-refractivity contribution is -0.143. The molecule has 0 atom stereocenters. The maximum absolute atomic E-state index is 11.4. The van der Waals surface area contributed by atoms with Gasteiger partial charge in [-0.05, 0) is 193 Å². The van der Waals surface area contributed by atoms with Gasteiger partial charge in [0.05, 0.1) is 18.8 Å². The largest absolute Gasteiger partial charge is 0.490 e. The molecule has 340 valence electrons. The van der Waals surface area contributed by atoms with E-state index in [0.29, 0.717) is 36.1 Å². The third-order valence-electron chi connectivity index (χ3n) is 15.5. The van der Waals surface area contributed by atoms with Crippen LogP contribution in [0.25, 0.3) is 11.1 Å². The molecule has 1 N–H and O–H groups in total. The summed E-state index contributed by atoms with van der Waals surface area (Å²) in [7, 11) is 0. The molecule has 62 heavy (non-hydrogen) atoms. The molecule has 4 aliphatic carbocycles. The lowest BCUT2D eigenvalue weighted by Crippen LogP contribution is -2.30. The minimum atomic E-state index is -0.690. The van der Waals surface area contributed by atoms with Crippen molar-refractivity contribution < 1.29 is 28.9 Å². The number of esters is 1. The van der Waals surface area contributed by atoms with Crippen LogP contribution in [-0.4, -0.2) is 84.9 Å². The number of carboxylic acids is 1. The number of hydrogen-bond donors (Lipinski definition) is 1. The second kappa shape index (κ2) is 23.4. The van der Waals surface area contributed by atoms with Crippen LogP contribution in [0.3, 0.4) is 0 Å². The van der Waals surface area contributed by atoms with Crippen molar-refractivity contribution in [3.8, 4) is 11.5 Å². The standard InChI is InChI=1S/C28H41NO3.C26H37NO3/c1-2-31-27(30)7-3-6-20-29-21-14-24(15-22-29)23-8-10-25(11-9-23)32-26-12-18-28(19-13-26)16-4-5-17-28;28-25(29)5-1-4-18-27-19-12-22(13-20-27)21-6-8-23(9-7-21)30-24-10-16-26(17-11-24)14-2-3-15-26/h8-11,14,26H,2-7,12-13,15-22H2,1H3;6-9,12,24H,1-5,10-11,13-20H2,(H,28,29). The number of ether oxygens (including phenoxy) is 3. The zero-order valence-corrected chi connectivity index (χ0v) is 38.2.